The molecule has 1 aromatic heterocycles. The molecule has 1 aliphatic rings. The van der Waals surface area contributed by atoms with Crippen LogP contribution in [0, 0.1) is 0 Å². The summed E-state index contributed by atoms with van der Waals surface area (Å²) >= 11 is 0. The smallest absolute Gasteiger partial charge is 0.252 e. The molecule has 0 aliphatic carbocycles. The van der Waals surface area contributed by atoms with Crippen LogP contribution in [0.1, 0.15) is 18.2 Å². The number of nitrogens with zero attached hydrogens (tertiary/aromatic N) is 2. The fraction of sp³-hybridized carbons (Fsp3) is 0.455. The van der Waals surface area contributed by atoms with Crippen LogP contribution in [0.5, 0.6) is 5.75 Å². The van der Waals surface area contributed by atoms with Crippen LogP contribution in [-0.4, -0.2) is 69.5 Å². The fourth-order valence-electron chi connectivity index (χ4n) is 3.59. The number of sulfone groups is 1. The maximum atomic E-state index is 12.6. The number of nitrogens with two attached hydrogens (primary N) is 1. The predicted molar refractivity (Wildman–Crippen MR) is 121 cm³/mol. The molecule has 0 bridgehead atoms. The van der Waals surface area contributed by atoms with Gasteiger partial charge in [-0.05, 0) is 35.7 Å². The minimum atomic E-state index is -3.61. The number of carbonyl (C=O) groups excluding carboxylic acids is 1. The average Bonchev–Trinajstić information content (AvgIpc) is 2.75. The highest BCUT2D eigenvalue weighted by atomic mass is 32.2. The van der Waals surface area contributed by atoms with Gasteiger partial charge in [-0.3, -0.25) is 19.1 Å². The van der Waals surface area contributed by atoms with Crippen LogP contribution in [-0.2, 0) is 19.4 Å². The van der Waals surface area contributed by atoms with Crippen LogP contribution in [0.4, 0.5) is 0 Å². The van der Waals surface area contributed by atoms with Gasteiger partial charge in [0.05, 0.1) is 13.2 Å². The lowest BCUT2D eigenvalue weighted by atomic mass is 10.1. The number of aromatic nitrogens is 1. The van der Waals surface area contributed by atoms with Crippen LogP contribution >= 0.6 is 0 Å². The van der Waals surface area contributed by atoms with Crippen LogP contribution in [0.15, 0.2) is 47.4 Å². The molecule has 1 unspecified atom stereocenters. The molecular formula is C22H29N3O6S. The van der Waals surface area contributed by atoms with Gasteiger partial charge in [-0.25, -0.2) is 8.42 Å². The molecule has 1 saturated heterocycles. The van der Waals surface area contributed by atoms with Crippen molar-refractivity contribution in [3.05, 3.63) is 52.9 Å². The van der Waals surface area contributed by atoms with Crippen LogP contribution < -0.4 is 16.0 Å². The molecule has 1 fully saturated rings. The minimum absolute atomic E-state index is 0.0517. The van der Waals surface area contributed by atoms with Crippen LogP contribution in [0.25, 0.3) is 11.1 Å². The molecule has 1 atom stereocenters. The molecule has 1 aliphatic heterocycles. The molecule has 0 saturated carbocycles. The van der Waals surface area contributed by atoms with Crippen molar-refractivity contribution in [1.82, 2.24) is 9.47 Å². The van der Waals surface area contributed by atoms with E-state index in [0.717, 1.165) is 55.0 Å². The Morgan fingerprint density at radius 2 is 1.84 bits per heavy atom. The van der Waals surface area contributed by atoms with Gasteiger partial charge in [-0.1, -0.05) is 12.1 Å². The standard InChI is InChI=1S/C22H29N3O6S/c1-32(28,29)22(7-6-20(23)26)25-9-8-18(16-21(25)27)17-2-4-19(5-3-17)31-15-12-24-10-13-30-14-11-24/h2-5,8-9,16,22H,6-7,10-15H2,1H3,(H2,23,26). The number of hydrogen-bond donors (Lipinski definition) is 1. The SMILES string of the molecule is CS(=O)(=O)C(CCC(N)=O)n1ccc(-c2ccc(OCCN3CCOCC3)cc2)cc1=O. The third-order valence-corrected chi connectivity index (χ3v) is 6.81. The van der Waals surface area contributed by atoms with Gasteiger partial charge in [0.1, 0.15) is 17.7 Å². The van der Waals surface area contributed by atoms with Gasteiger partial charge in [0.15, 0.2) is 9.84 Å². The summed E-state index contributed by atoms with van der Waals surface area (Å²) in [6.07, 6.45) is 2.30. The molecule has 2 N–H and O–H groups in total. The third kappa shape index (κ3) is 6.65. The first-order valence-electron chi connectivity index (χ1n) is 10.5. The third-order valence-electron chi connectivity index (χ3n) is 5.36. The Morgan fingerprint density at radius 3 is 2.44 bits per heavy atom. The van der Waals surface area contributed by atoms with Crippen molar-refractivity contribution < 1.29 is 22.7 Å². The average molecular weight is 464 g/mol. The van der Waals surface area contributed by atoms with Crippen molar-refractivity contribution in [2.45, 2.75) is 18.2 Å². The lowest BCUT2D eigenvalue weighted by molar-refractivity contribution is -0.118. The summed E-state index contributed by atoms with van der Waals surface area (Å²) in [4.78, 5) is 26.0. The number of primary amides is 1. The van der Waals surface area contributed by atoms with Gasteiger partial charge < -0.3 is 15.2 Å². The molecule has 2 aromatic rings. The number of carbonyl (C=O) groups is 1. The van der Waals surface area contributed by atoms with E-state index in [2.05, 4.69) is 4.90 Å². The van der Waals surface area contributed by atoms with Crippen LogP contribution in [0.3, 0.4) is 0 Å². The van der Waals surface area contributed by atoms with Crippen LogP contribution in [0.2, 0.25) is 0 Å². The van der Waals surface area contributed by atoms with Crippen molar-refractivity contribution in [2.24, 2.45) is 5.73 Å². The maximum Gasteiger partial charge on any atom is 0.252 e. The zero-order chi connectivity index (χ0) is 23.1. The quantitative estimate of drug-likeness (QED) is 0.559. The van der Waals surface area contributed by atoms with E-state index in [-0.39, 0.29) is 12.8 Å². The Balaban J connectivity index is 1.67. The lowest BCUT2D eigenvalue weighted by Gasteiger charge is -2.26. The molecule has 174 valence electrons. The highest BCUT2D eigenvalue weighted by Crippen LogP contribution is 2.23. The van der Waals surface area contributed by atoms with E-state index in [1.54, 1.807) is 6.07 Å². The summed E-state index contributed by atoms with van der Waals surface area (Å²) in [6.45, 7) is 4.74. The van der Waals surface area contributed by atoms with E-state index in [4.69, 9.17) is 15.2 Å². The van der Waals surface area contributed by atoms with Crippen molar-refractivity contribution in [3.8, 4) is 16.9 Å². The number of pyridine rings is 1. The summed E-state index contributed by atoms with van der Waals surface area (Å²) in [5, 5.41) is -1.14. The van der Waals surface area contributed by atoms with Crippen molar-refractivity contribution in [1.29, 1.82) is 0 Å². The summed E-state index contributed by atoms with van der Waals surface area (Å²) in [5.74, 6) is 0.120. The number of rotatable bonds is 10. The van der Waals surface area contributed by atoms with Gasteiger partial charge >= 0.3 is 0 Å². The minimum Gasteiger partial charge on any atom is -0.492 e. The molecule has 0 spiro atoms. The fourth-order valence-corrected chi connectivity index (χ4v) is 4.73. The van der Waals surface area contributed by atoms with E-state index in [1.165, 1.54) is 12.3 Å². The predicted octanol–water partition coefficient (Wildman–Crippen LogP) is 1.04. The first kappa shape index (κ1) is 24.0. The number of hydrogen-bond acceptors (Lipinski definition) is 7. The molecular weight excluding hydrogens is 434 g/mol. The van der Waals surface area contributed by atoms with Gasteiger partial charge in [-0.15, -0.1) is 0 Å². The highest BCUT2D eigenvalue weighted by Gasteiger charge is 2.24. The Bertz CT molecular complexity index is 1080. The summed E-state index contributed by atoms with van der Waals surface area (Å²) in [5.41, 5.74) is 6.15. The van der Waals surface area contributed by atoms with Crippen molar-refractivity contribution >= 4 is 15.7 Å². The molecule has 10 heteroatoms. The second-order valence-electron chi connectivity index (χ2n) is 7.78. The van der Waals surface area contributed by atoms with Gasteiger partial charge in [0.2, 0.25) is 5.91 Å². The second kappa shape index (κ2) is 10.8. The monoisotopic (exact) mass is 463 g/mol. The number of morpholine rings is 1. The van der Waals surface area contributed by atoms with Gasteiger partial charge in [-0.2, -0.15) is 0 Å². The largest absolute Gasteiger partial charge is 0.492 e. The first-order chi connectivity index (χ1) is 15.2. The second-order valence-corrected chi connectivity index (χ2v) is 9.98. The molecule has 0 radical (unpaired) electrons. The van der Waals surface area contributed by atoms with Gasteiger partial charge in [0, 0.05) is 44.6 Å². The van der Waals surface area contributed by atoms with E-state index in [9.17, 15) is 18.0 Å². The van der Waals surface area contributed by atoms with Crippen molar-refractivity contribution in [2.75, 3.05) is 45.7 Å². The zero-order valence-electron chi connectivity index (χ0n) is 18.1. The topological polar surface area (TPSA) is 121 Å². The molecule has 1 aromatic carbocycles. The lowest BCUT2D eigenvalue weighted by Crippen LogP contribution is -2.38. The Kier molecular flexibility index (Phi) is 8.05. The zero-order valence-corrected chi connectivity index (χ0v) is 18.9. The van der Waals surface area contributed by atoms with E-state index >= 15 is 0 Å². The van der Waals surface area contributed by atoms with E-state index < -0.39 is 26.7 Å². The molecule has 2 heterocycles. The summed E-state index contributed by atoms with van der Waals surface area (Å²) < 4.78 is 36.5. The molecule has 32 heavy (non-hydrogen) atoms. The number of ether oxygens (including phenoxy) is 2. The maximum absolute atomic E-state index is 12.6. The highest BCUT2D eigenvalue weighted by molar-refractivity contribution is 7.90. The normalized spacial score (nSPS) is 15.9. The molecule has 3 rings (SSSR count). The van der Waals surface area contributed by atoms with E-state index in [1.807, 2.05) is 24.3 Å². The Hall–Kier alpha value is -2.69. The van der Waals surface area contributed by atoms with Gasteiger partial charge in [0.25, 0.3) is 5.56 Å². The molecule has 1 amide bonds. The summed E-state index contributed by atoms with van der Waals surface area (Å²) in [7, 11) is -3.61. The molecule has 9 nitrogen and oxygen atoms in total. The van der Waals surface area contributed by atoms with E-state index in [0.29, 0.717) is 12.2 Å². The van der Waals surface area contributed by atoms with Crippen molar-refractivity contribution in [3.63, 3.8) is 0 Å². The number of benzene rings is 1. The Morgan fingerprint density at radius 1 is 1.16 bits per heavy atom. The number of amides is 1. The Labute approximate surface area is 187 Å². The first-order valence-corrected chi connectivity index (χ1v) is 12.4. The summed E-state index contributed by atoms with van der Waals surface area (Å²) in [6, 6.07) is 10.4.